The summed E-state index contributed by atoms with van der Waals surface area (Å²) in [5.41, 5.74) is -0.845. The Morgan fingerprint density at radius 1 is 1.50 bits per heavy atom. The summed E-state index contributed by atoms with van der Waals surface area (Å²) in [5.74, 6) is -0.209. The Labute approximate surface area is 85.5 Å². The van der Waals surface area contributed by atoms with Crippen molar-refractivity contribution in [1.82, 2.24) is 0 Å². The monoisotopic (exact) mass is 200 g/mol. The topological polar surface area (TPSA) is 46.5 Å². The van der Waals surface area contributed by atoms with Crippen LogP contribution in [0.5, 0.6) is 0 Å². The molecule has 1 rings (SSSR count). The number of rotatable bonds is 4. The fourth-order valence-electron chi connectivity index (χ4n) is 2.09. The first-order chi connectivity index (χ1) is 6.32. The van der Waals surface area contributed by atoms with Gasteiger partial charge in [0.2, 0.25) is 0 Å². The van der Waals surface area contributed by atoms with Crippen molar-refractivity contribution in [2.24, 2.45) is 16.7 Å². The number of carboxylic acid groups (broad SMARTS) is 1. The Kier molecular flexibility index (Phi) is 2.91. The van der Waals surface area contributed by atoms with Gasteiger partial charge in [-0.1, -0.05) is 13.8 Å². The van der Waals surface area contributed by atoms with Crippen molar-refractivity contribution in [2.75, 3.05) is 13.2 Å². The van der Waals surface area contributed by atoms with Gasteiger partial charge in [0.05, 0.1) is 18.6 Å². The third-order valence-electron chi connectivity index (χ3n) is 3.42. The van der Waals surface area contributed by atoms with Crippen LogP contribution >= 0.6 is 0 Å². The molecule has 0 aromatic heterocycles. The van der Waals surface area contributed by atoms with E-state index in [2.05, 4.69) is 13.8 Å². The molecule has 0 bridgehead atoms. The zero-order chi connectivity index (χ0) is 11.0. The van der Waals surface area contributed by atoms with Crippen LogP contribution in [0, 0.1) is 16.7 Å². The van der Waals surface area contributed by atoms with Gasteiger partial charge >= 0.3 is 5.97 Å². The molecule has 0 spiro atoms. The summed E-state index contributed by atoms with van der Waals surface area (Å²) in [5, 5.41) is 9.20. The van der Waals surface area contributed by atoms with E-state index in [0.29, 0.717) is 19.1 Å². The van der Waals surface area contributed by atoms with Gasteiger partial charge in [0, 0.05) is 5.41 Å². The molecule has 0 aromatic carbocycles. The summed E-state index contributed by atoms with van der Waals surface area (Å²) >= 11 is 0. The summed E-state index contributed by atoms with van der Waals surface area (Å²) < 4.78 is 5.21. The Morgan fingerprint density at radius 3 is 2.21 bits per heavy atom. The first kappa shape index (κ1) is 11.5. The molecular formula is C11H20O3. The molecule has 1 N–H and O–H groups in total. The van der Waals surface area contributed by atoms with Crippen molar-refractivity contribution in [3.05, 3.63) is 0 Å². The van der Waals surface area contributed by atoms with Crippen LogP contribution in [0.1, 0.15) is 34.1 Å². The van der Waals surface area contributed by atoms with E-state index in [9.17, 15) is 9.90 Å². The lowest BCUT2D eigenvalue weighted by Crippen LogP contribution is -2.56. The summed E-state index contributed by atoms with van der Waals surface area (Å²) in [6, 6.07) is 0. The van der Waals surface area contributed by atoms with Crippen molar-refractivity contribution < 1.29 is 14.6 Å². The number of hydrogen-bond acceptors (Lipinski definition) is 2. The van der Waals surface area contributed by atoms with Gasteiger partial charge in [-0.2, -0.15) is 0 Å². The normalized spacial score (nSPS) is 20.6. The standard InChI is InChI=1S/C11H20O3/c1-8(2)5-11(6-14-7-11)10(3,4)9(12)13/h8H,5-7H2,1-4H3,(H,12,13). The van der Waals surface area contributed by atoms with Crippen molar-refractivity contribution >= 4 is 5.97 Å². The maximum atomic E-state index is 11.2. The maximum absolute atomic E-state index is 11.2. The largest absolute Gasteiger partial charge is 0.481 e. The van der Waals surface area contributed by atoms with Gasteiger partial charge < -0.3 is 9.84 Å². The first-order valence-electron chi connectivity index (χ1n) is 5.13. The highest BCUT2D eigenvalue weighted by molar-refractivity contribution is 5.75. The maximum Gasteiger partial charge on any atom is 0.309 e. The molecular weight excluding hydrogens is 180 g/mol. The minimum Gasteiger partial charge on any atom is -0.481 e. The molecule has 3 heteroatoms. The smallest absolute Gasteiger partial charge is 0.309 e. The van der Waals surface area contributed by atoms with Crippen LogP contribution in [-0.4, -0.2) is 24.3 Å². The van der Waals surface area contributed by atoms with Crippen molar-refractivity contribution in [2.45, 2.75) is 34.1 Å². The number of ether oxygens (including phenoxy) is 1. The molecule has 0 amide bonds. The van der Waals surface area contributed by atoms with E-state index in [4.69, 9.17) is 4.74 Å². The molecule has 0 aromatic rings. The van der Waals surface area contributed by atoms with E-state index in [1.807, 2.05) is 0 Å². The van der Waals surface area contributed by atoms with Crippen LogP contribution in [0.2, 0.25) is 0 Å². The van der Waals surface area contributed by atoms with Crippen LogP contribution in [0.15, 0.2) is 0 Å². The highest BCUT2D eigenvalue weighted by Gasteiger charge is 2.54. The highest BCUT2D eigenvalue weighted by Crippen LogP contribution is 2.49. The second-order valence-electron chi connectivity index (χ2n) is 5.30. The second kappa shape index (κ2) is 3.54. The molecule has 1 heterocycles. The van der Waals surface area contributed by atoms with Crippen LogP contribution in [-0.2, 0) is 9.53 Å². The summed E-state index contributed by atoms with van der Waals surface area (Å²) in [4.78, 5) is 11.2. The molecule has 3 nitrogen and oxygen atoms in total. The first-order valence-corrected chi connectivity index (χ1v) is 5.13. The number of carbonyl (C=O) groups is 1. The molecule has 82 valence electrons. The van der Waals surface area contributed by atoms with E-state index in [-0.39, 0.29) is 5.41 Å². The zero-order valence-corrected chi connectivity index (χ0v) is 9.46. The van der Waals surface area contributed by atoms with Gasteiger partial charge in [0.25, 0.3) is 0 Å². The van der Waals surface area contributed by atoms with Crippen molar-refractivity contribution in [3.8, 4) is 0 Å². The number of hydrogen-bond donors (Lipinski definition) is 1. The van der Waals surface area contributed by atoms with E-state index in [1.165, 1.54) is 0 Å². The van der Waals surface area contributed by atoms with Crippen LogP contribution < -0.4 is 0 Å². The van der Waals surface area contributed by atoms with Crippen molar-refractivity contribution in [1.29, 1.82) is 0 Å². The van der Waals surface area contributed by atoms with Crippen LogP contribution in [0.3, 0.4) is 0 Å². The Morgan fingerprint density at radius 2 is 2.00 bits per heavy atom. The van der Waals surface area contributed by atoms with E-state index >= 15 is 0 Å². The summed E-state index contributed by atoms with van der Waals surface area (Å²) in [6.07, 6.45) is 0.923. The van der Waals surface area contributed by atoms with E-state index in [0.717, 1.165) is 6.42 Å². The quantitative estimate of drug-likeness (QED) is 0.756. The average molecular weight is 200 g/mol. The average Bonchev–Trinajstić information content (AvgIpc) is 1.95. The molecule has 0 unspecified atom stereocenters. The summed E-state index contributed by atoms with van der Waals surface area (Å²) in [6.45, 7) is 9.03. The van der Waals surface area contributed by atoms with Crippen LogP contribution in [0.25, 0.3) is 0 Å². The van der Waals surface area contributed by atoms with Gasteiger partial charge in [-0.25, -0.2) is 0 Å². The Balaban J connectivity index is 2.84. The van der Waals surface area contributed by atoms with Gasteiger partial charge in [0.15, 0.2) is 0 Å². The molecule has 0 saturated carbocycles. The lowest BCUT2D eigenvalue weighted by atomic mass is 9.60. The SMILES string of the molecule is CC(C)CC1(C(C)(C)C(=O)O)COC1. The van der Waals surface area contributed by atoms with Gasteiger partial charge in [-0.3, -0.25) is 4.79 Å². The molecule has 1 aliphatic heterocycles. The number of aliphatic carboxylic acids is 1. The Bertz CT molecular complexity index is 227. The van der Waals surface area contributed by atoms with Gasteiger partial charge in [-0.05, 0) is 26.2 Å². The van der Waals surface area contributed by atoms with E-state index in [1.54, 1.807) is 13.8 Å². The molecule has 0 aliphatic carbocycles. The Hall–Kier alpha value is -0.570. The fourth-order valence-corrected chi connectivity index (χ4v) is 2.09. The molecule has 1 saturated heterocycles. The van der Waals surface area contributed by atoms with Gasteiger partial charge in [-0.15, -0.1) is 0 Å². The fraction of sp³-hybridized carbons (Fsp3) is 0.909. The summed E-state index contributed by atoms with van der Waals surface area (Å²) in [7, 11) is 0. The molecule has 0 radical (unpaired) electrons. The predicted octanol–water partition coefficient (Wildman–Crippen LogP) is 2.16. The third kappa shape index (κ3) is 1.65. The van der Waals surface area contributed by atoms with Crippen LogP contribution in [0.4, 0.5) is 0 Å². The lowest BCUT2D eigenvalue weighted by molar-refractivity contribution is -0.202. The van der Waals surface area contributed by atoms with Gasteiger partial charge in [0.1, 0.15) is 0 Å². The van der Waals surface area contributed by atoms with E-state index < -0.39 is 11.4 Å². The third-order valence-corrected chi connectivity index (χ3v) is 3.42. The molecule has 1 fully saturated rings. The minimum atomic E-state index is -0.721. The number of carboxylic acids is 1. The minimum absolute atomic E-state index is 0.160. The van der Waals surface area contributed by atoms with Crippen molar-refractivity contribution in [3.63, 3.8) is 0 Å². The highest BCUT2D eigenvalue weighted by atomic mass is 16.5. The second-order valence-corrected chi connectivity index (χ2v) is 5.30. The molecule has 1 aliphatic rings. The zero-order valence-electron chi connectivity index (χ0n) is 9.46. The lowest BCUT2D eigenvalue weighted by Gasteiger charge is -2.51. The predicted molar refractivity (Wildman–Crippen MR) is 54.1 cm³/mol. The molecule has 14 heavy (non-hydrogen) atoms. The molecule has 0 atom stereocenters.